The Hall–Kier alpha value is -1.75. The molecule has 2 aromatic rings. The molecular formula is C13H16ClFN4. The van der Waals surface area contributed by atoms with Crippen molar-refractivity contribution in [3.05, 3.63) is 34.7 Å². The maximum absolute atomic E-state index is 13.7. The summed E-state index contributed by atoms with van der Waals surface area (Å²) in [4.78, 5) is 0. The summed E-state index contributed by atoms with van der Waals surface area (Å²) in [7, 11) is 1.75. The minimum absolute atomic E-state index is 0.192. The van der Waals surface area contributed by atoms with Crippen LogP contribution >= 0.6 is 11.6 Å². The Morgan fingerprint density at radius 3 is 2.63 bits per heavy atom. The molecule has 0 fully saturated rings. The summed E-state index contributed by atoms with van der Waals surface area (Å²) in [6, 6.07) is 4.50. The number of rotatable bonds is 3. The Bertz CT molecular complexity index is 587. The van der Waals surface area contributed by atoms with Crippen molar-refractivity contribution in [2.24, 2.45) is 7.05 Å². The van der Waals surface area contributed by atoms with E-state index < -0.39 is 5.82 Å². The zero-order valence-electron chi connectivity index (χ0n) is 11.0. The van der Waals surface area contributed by atoms with Crippen LogP contribution in [-0.4, -0.2) is 9.78 Å². The lowest BCUT2D eigenvalue weighted by atomic mass is 10.1. The van der Waals surface area contributed by atoms with Gasteiger partial charge in [0.25, 0.3) is 0 Å². The Morgan fingerprint density at radius 2 is 2.11 bits per heavy atom. The van der Waals surface area contributed by atoms with E-state index in [9.17, 15) is 4.39 Å². The van der Waals surface area contributed by atoms with Gasteiger partial charge in [0.15, 0.2) is 5.82 Å². The molecule has 0 atom stereocenters. The molecule has 1 aromatic heterocycles. The average molecular weight is 283 g/mol. The van der Waals surface area contributed by atoms with Crippen LogP contribution < -0.4 is 11.1 Å². The van der Waals surface area contributed by atoms with Gasteiger partial charge in [-0.15, -0.1) is 0 Å². The number of para-hydroxylation sites is 1. The second-order valence-electron chi connectivity index (χ2n) is 4.65. The van der Waals surface area contributed by atoms with Crippen molar-refractivity contribution in [3.63, 3.8) is 0 Å². The largest absolute Gasteiger partial charge is 0.394 e. The Balaban J connectivity index is 2.44. The number of nitrogens with zero attached hydrogens (tertiary/aromatic N) is 2. The van der Waals surface area contributed by atoms with E-state index in [0.717, 1.165) is 5.69 Å². The highest BCUT2D eigenvalue weighted by Gasteiger charge is 2.18. The number of nitrogen functional groups attached to an aromatic ring is 1. The van der Waals surface area contributed by atoms with Gasteiger partial charge in [-0.2, -0.15) is 5.10 Å². The van der Waals surface area contributed by atoms with E-state index in [4.69, 9.17) is 17.3 Å². The van der Waals surface area contributed by atoms with Gasteiger partial charge < -0.3 is 11.1 Å². The third-order valence-corrected chi connectivity index (χ3v) is 3.18. The summed E-state index contributed by atoms with van der Waals surface area (Å²) >= 11 is 5.98. The van der Waals surface area contributed by atoms with Gasteiger partial charge in [-0.1, -0.05) is 31.5 Å². The van der Waals surface area contributed by atoms with E-state index in [0.29, 0.717) is 16.5 Å². The summed E-state index contributed by atoms with van der Waals surface area (Å²) < 4.78 is 15.3. The van der Waals surface area contributed by atoms with E-state index in [1.807, 2.05) is 13.8 Å². The van der Waals surface area contributed by atoms with Gasteiger partial charge in [0.2, 0.25) is 0 Å². The Kier molecular flexibility index (Phi) is 3.66. The van der Waals surface area contributed by atoms with Gasteiger partial charge in [-0.05, 0) is 18.1 Å². The molecule has 0 saturated carbocycles. The molecule has 1 aromatic carbocycles. The standard InChI is InChI=1S/C13H16ClFN4/c1-7(2)11-10(16)13(19(3)18-11)17-12-8(14)5-4-6-9(12)15/h4-7,17H,16H2,1-3H3. The minimum Gasteiger partial charge on any atom is -0.394 e. The van der Waals surface area contributed by atoms with Crippen molar-refractivity contribution in [1.82, 2.24) is 9.78 Å². The zero-order valence-corrected chi connectivity index (χ0v) is 11.8. The molecule has 2 rings (SSSR count). The number of aryl methyl sites for hydroxylation is 1. The first kappa shape index (κ1) is 13.7. The van der Waals surface area contributed by atoms with Gasteiger partial charge in [0, 0.05) is 7.05 Å². The molecule has 6 heteroatoms. The molecule has 3 N–H and O–H groups in total. The predicted molar refractivity (Wildman–Crippen MR) is 76.4 cm³/mol. The average Bonchev–Trinajstić information content (AvgIpc) is 2.61. The van der Waals surface area contributed by atoms with E-state index >= 15 is 0 Å². The van der Waals surface area contributed by atoms with Crippen LogP contribution in [0.25, 0.3) is 0 Å². The fourth-order valence-corrected chi connectivity index (χ4v) is 2.08. The first-order valence-electron chi connectivity index (χ1n) is 5.95. The van der Waals surface area contributed by atoms with Crippen LogP contribution in [0.15, 0.2) is 18.2 Å². The van der Waals surface area contributed by atoms with Crippen molar-refractivity contribution in [3.8, 4) is 0 Å². The predicted octanol–water partition coefficient (Wildman–Crippen LogP) is 3.66. The first-order chi connectivity index (χ1) is 8.91. The molecule has 0 saturated heterocycles. The molecule has 0 radical (unpaired) electrons. The third-order valence-electron chi connectivity index (χ3n) is 2.87. The molecule has 0 bridgehead atoms. The van der Waals surface area contributed by atoms with E-state index in [-0.39, 0.29) is 11.6 Å². The van der Waals surface area contributed by atoms with Gasteiger partial charge in [0.05, 0.1) is 22.1 Å². The highest BCUT2D eigenvalue weighted by molar-refractivity contribution is 6.33. The zero-order chi connectivity index (χ0) is 14.2. The molecular weight excluding hydrogens is 267 g/mol. The van der Waals surface area contributed by atoms with E-state index in [1.54, 1.807) is 23.9 Å². The molecule has 4 nitrogen and oxygen atoms in total. The van der Waals surface area contributed by atoms with Crippen LogP contribution in [0.5, 0.6) is 0 Å². The number of benzene rings is 1. The molecule has 0 aliphatic carbocycles. The van der Waals surface area contributed by atoms with E-state index in [2.05, 4.69) is 10.4 Å². The van der Waals surface area contributed by atoms with Gasteiger partial charge in [0.1, 0.15) is 5.82 Å². The SMILES string of the molecule is CC(C)c1nn(C)c(Nc2c(F)cccc2Cl)c1N. The van der Waals surface area contributed by atoms with E-state index in [1.165, 1.54) is 6.07 Å². The molecule has 0 aliphatic rings. The minimum atomic E-state index is -0.431. The molecule has 0 aliphatic heterocycles. The lowest BCUT2D eigenvalue weighted by molar-refractivity contribution is 0.631. The molecule has 0 unspecified atom stereocenters. The highest BCUT2D eigenvalue weighted by atomic mass is 35.5. The van der Waals surface area contributed by atoms with Crippen molar-refractivity contribution >= 4 is 28.8 Å². The van der Waals surface area contributed by atoms with Crippen LogP contribution in [0.3, 0.4) is 0 Å². The molecule has 1 heterocycles. The summed E-state index contributed by atoms with van der Waals surface area (Å²) in [5, 5.41) is 7.55. The summed E-state index contributed by atoms with van der Waals surface area (Å²) in [6.45, 7) is 4.00. The van der Waals surface area contributed by atoms with Crippen LogP contribution in [0.1, 0.15) is 25.5 Å². The number of nitrogens with two attached hydrogens (primary N) is 1. The van der Waals surface area contributed by atoms with Gasteiger partial charge >= 0.3 is 0 Å². The topological polar surface area (TPSA) is 55.9 Å². The van der Waals surface area contributed by atoms with Crippen molar-refractivity contribution in [2.45, 2.75) is 19.8 Å². The van der Waals surface area contributed by atoms with Crippen molar-refractivity contribution < 1.29 is 4.39 Å². The van der Waals surface area contributed by atoms with Crippen LogP contribution in [0.4, 0.5) is 21.6 Å². The fraction of sp³-hybridized carbons (Fsp3) is 0.308. The number of anilines is 3. The van der Waals surface area contributed by atoms with Gasteiger partial charge in [-0.3, -0.25) is 4.68 Å². The number of hydrogen-bond acceptors (Lipinski definition) is 3. The van der Waals surface area contributed by atoms with Crippen LogP contribution in [-0.2, 0) is 7.05 Å². The lowest BCUT2D eigenvalue weighted by Crippen LogP contribution is -2.03. The molecule has 102 valence electrons. The van der Waals surface area contributed by atoms with Gasteiger partial charge in [-0.25, -0.2) is 4.39 Å². The second-order valence-corrected chi connectivity index (χ2v) is 5.05. The van der Waals surface area contributed by atoms with Crippen molar-refractivity contribution in [2.75, 3.05) is 11.1 Å². The molecule has 0 spiro atoms. The smallest absolute Gasteiger partial charge is 0.152 e. The van der Waals surface area contributed by atoms with Crippen molar-refractivity contribution in [1.29, 1.82) is 0 Å². The second kappa shape index (κ2) is 5.09. The Labute approximate surface area is 116 Å². The Morgan fingerprint density at radius 1 is 1.42 bits per heavy atom. The molecule has 0 amide bonds. The fourth-order valence-electron chi connectivity index (χ4n) is 1.87. The summed E-state index contributed by atoms with van der Waals surface area (Å²) in [6.07, 6.45) is 0. The maximum Gasteiger partial charge on any atom is 0.152 e. The van der Waals surface area contributed by atoms with Crippen LogP contribution in [0.2, 0.25) is 5.02 Å². The quantitative estimate of drug-likeness (QED) is 0.903. The first-order valence-corrected chi connectivity index (χ1v) is 6.33. The summed E-state index contributed by atoms with van der Waals surface area (Å²) in [5.41, 5.74) is 7.53. The normalized spacial score (nSPS) is 11.1. The van der Waals surface area contributed by atoms with Crippen LogP contribution in [0, 0.1) is 5.82 Å². The number of halogens is 2. The lowest BCUT2D eigenvalue weighted by Gasteiger charge is -2.10. The summed E-state index contributed by atoms with van der Waals surface area (Å²) in [5.74, 6) is 0.299. The maximum atomic E-state index is 13.7. The number of hydrogen-bond donors (Lipinski definition) is 2. The number of aromatic nitrogens is 2. The number of nitrogens with one attached hydrogen (secondary N) is 1. The molecule has 19 heavy (non-hydrogen) atoms. The highest BCUT2D eigenvalue weighted by Crippen LogP contribution is 2.33. The third kappa shape index (κ3) is 2.51. The monoisotopic (exact) mass is 282 g/mol.